The van der Waals surface area contributed by atoms with Crippen LogP contribution in [0.5, 0.6) is 17.4 Å². The fourth-order valence-electron chi connectivity index (χ4n) is 3.79. The lowest BCUT2D eigenvalue weighted by Gasteiger charge is -2.13. The molecule has 11 heteroatoms. The molecule has 3 aromatic heterocycles. The maximum atomic E-state index is 11.8. The number of nitrogens with one attached hydrogen (secondary N) is 1. The summed E-state index contributed by atoms with van der Waals surface area (Å²) in [7, 11) is 4.52. The first-order valence-corrected chi connectivity index (χ1v) is 11.2. The molecule has 0 aliphatic heterocycles. The summed E-state index contributed by atoms with van der Waals surface area (Å²) in [4.78, 5) is 25.1. The van der Waals surface area contributed by atoms with Gasteiger partial charge in [-0.15, -0.1) is 0 Å². The summed E-state index contributed by atoms with van der Waals surface area (Å²) in [6.07, 6.45) is 7.20. The van der Waals surface area contributed by atoms with Crippen molar-refractivity contribution in [2.75, 3.05) is 26.6 Å². The average molecular weight is 489 g/mol. The SMILES string of the molecule is COc1cc(Nc2ncc(-c3cnc(OC)c(C(=O)O)c3)c(-n3ccc(C4CC4)n3)n2)cc(OC)c1. The molecule has 184 valence electrons. The fraction of sp³-hybridized carbons (Fsp3) is 0.240. The van der Waals surface area contributed by atoms with Crippen molar-refractivity contribution >= 4 is 17.6 Å². The first-order valence-electron chi connectivity index (χ1n) is 11.2. The van der Waals surface area contributed by atoms with E-state index < -0.39 is 5.97 Å². The van der Waals surface area contributed by atoms with Crippen LogP contribution in [0.4, 0.5) is 11.6 Å². The second-order valence-electron chi connectivity index (χ2n) is 8.20. The number of pyridine rings is 1. The number of methoxy groups -OCH3 is 3. The van der Waals surface area contributed by atoms with E-state index in [0.717, 1.165) is 18.5 Å². The van der Waals surface area contributed by atoms with Gasteiger partial charge in [0.25, 0.3) is 0 Å². The zero-order chi connectivity index (χ0) is 25.2. The summed E-state index contributed by atoms with van der Waals surface area (Å²) in [5.41, 5.74) is 2.67. The number of hydrogen-bond donors (Lipinski definition) is 2. The van der Waals surface area contributed by atoms with Gasteiger partial charge in [-0.25, -0.2) is 19.4 Å². The Morgan fingerprint density at radius 2 is 1.78 bits per heavy atom. The van der Waals surface area contributed by atoms with Gasteiger partial charge >= 0.3 is 5.97 Å². The summed E-state index contributed by atoms with van der Waals surface area (Å²) in [6.45, 7) is 0. The van der Waals surface area contributed by atoms with Crippen molar-refractivity contribution in [1.82, 2.24) is 24.7 Å². The van der Waals surface area contributed by atoms with E-state index in [0.29, 0.717) is 46.0 Å². The van der Waals surface area contributed by atoms with Gasteiger partial charge in [-0.1, -0.05) is 0 Å². The normalized spacial score (nSPS) is 12.8. The summed E-state index contributed by atoms with van der Waals surface area (Å²) < 4.78 is 17.5. The van der Waals surface area contributed by atoms with Gasteiger partial charge in [0.05, 0.1) is 27.0 Å². The highest BCUT2D eigenvalue weighted by Crippen LogP contribution is 2.39. The van der Waals surface area contributed by atoms with Gasteiger partial charge in [0.1, 0.15) is 17.1 Å². The van der Waals surface area contributed by atoms with Crippen LogP contribution in [0.1, 0.15) is 34.8 Å². The van der Waals surface area contributed by atoms with E-state index in [1.165, 1.54) is 19.4 Å². The van der Waals surface area contributed by atoms with Gasteiger partial charge in [-0.2, -0.15) is 10.1 Å². The molecule has 0 atom stereocenters. The molecule has 5 rings (SSSR count). The highest BCUT2D eigenvalue weighted by atomic mass is 16.5. The molecule has 1 saturated carbocycles. The third-order valence-electron chi connectivity index (χ3n) is 5.78. The summed E-state index contributed by atoms with van der Waals surface area (Å²) in [6, 6.07) is 8.82. The molecular weight excluding hydrogens is 464 g/mol. The highest BCUT2D eigenvalue weighted by molar-refractivity contribution is 5.92. The quantitative estimate of drug-likeness (QED) is 0.355. The number of carboxylic acids is 1. The van der Waals surface area contributed by atoms with Crippen molar-refractivity contribution in [1.29, 1.82) is 0 Å². The predicted molar refractivity (Wildman–Crippen MR) is 131 cm³/mol. The Hall–Kier alpha value is -4.67. The molecular formula is C25H24N6O5. The summed E-state index contributed by atoms with van der Waals surface area (Å²) >= 11 is 0. The second kappa shape index (κ2) is 9.53. The van der Waals surface area contributed by atoms with Gasteiger partial charge in [0, 0.05) is 59.5 Å². The molecule has 4 aromatic rings. The molecule has 1 aliphatic rings. The molecule has 1 aliphatic carbocycles. The Morgan fingerprint density at radius 1 is 1.03 bits per heavy atom. The second-order valence-corrected chi connectivity index (χ2v) is 8.20. The molecule has 0 amide bonds. The number of rotatable bonds is 9. The van der Waals surface area contributed by atoms with Crippen LogP contribution in [-0.4, -0.2) is 57.1 Å². The van der Waals surface area contributed by atoms with Crippen LogP contribution in [0, 0.1) is 0 Å². The van der Waals surface area contributed by atoms with Crippen molar-refractivity contribution in [3.8, 4) is 34.3 Å². The van der Waals surface area contributed by atoms with E-state index in [4.69, 9.17) is 24.3 Å². The number of nitrogens with zero attached hydrogens (tertiary/aromatic N) is 5. The van der Waals surface area contributed by atoms with Crippen LogP contribution in [0.15, 0.2) is 48.9 Å². The lowest BCUT2D eigenvalue weighted by Crippen LogP contribution is -2.08. The summed E-state index contributed by atoms with van der Waals surface area (Å²) in [5.74, 6) is 1.34. The Kier molecular flexibility index (Phi) is 6.11. The molecule has 3 heterocycles. The first kappa shape index (κ1) is 23.1. The molecule has 1 fully saturated rings. The van der Waals surface area contributed by atoms with Crippen LogP contribution >= 0.6 is 0 Å². The minimum Gasteiger partial charge on any atom is -0.497 e. The Balaban J connectivity index is 1.59. The Morgan fingerprint density at radius 3 is 2.42 bits per heavy atom. The third kappa shape index (κ3) is 4.63. The Labute approximate surface area is 206 Å². The van der Waals surface area contributed by atoms with Crippen LogP contribution in [-0.2, 0) is 0 Å². The van der Waals surface area contributed by atoms with Crippen molar-refractivity contribution in [3.05, 3.63) is 60.2 Å². The van der Waals surface area contributed by atoms with Gasteiger partial charge in [0.2, 0.25) is 11.8 Å². The lowest BCUT2D eigenvalue weighted by molar-refractivity contribution is 0.0692. The topological polar surface area (TPSA) is 134 Å². The Bertz CT molecular complexity index is 1410. The number of aromatic nitrogens is 5. The molecule has 11 nitrogen and oxygen atoms in total. The molecule has 1 aromatic carbocycles. The van der Waals surface area contributed by atoms with Crippen molar-refractivity contribution in [3.63, 3.8) is 0 Å². The molecule has 36 heavy (non-hydrogen) atoms. The highest BCUT2D eigenvalue weighted by Gasteiger charge is 2.26. The minimum absolute atomic E-state index is 0.0223. The smallest absolute Gasteiger partial charge is 0.341 e. The molecule has 0 spiro atoms. The molecule has 0 bridgehead atoms. The minimum atomic E-state index is -1.15. The summed E-state index contributed by atoms with van der Waals surface area (Å²) in [5, 5.41) is 17.5. The van der Waals surface area contributed by atoms with E-state index >= 15 is 0 Å². The number of carboxylic acid groups (broad SMARTS) is 1. The molecule has 0 radical (unpaired) electrons. The van der Waals surface area contributed by atoms with E-state index in [2.05, 4.69) is 15.3 Å². The molecule has 0 saturated heterocycles. The zero-order valence-corrected chi connectivity index (χ0v) is 19.9. The first-order chi connectivity index (χ1) is 17.5. The number of aromatic carboxylic acids is 1. The standard InChI is InChI=1S/C25H24N6O5/c1-34-17-9-16(10-18(11-17)35-2)28-25-27-13-20(15-8-19(24(32)33)23(36-3)26-12-15)22(29-25)31-7-6-21(30-31)14-4-5-14/h6-14H,4-5H2,1-3H3,(H,32,33)(H,27,28,29). The average Bonchev–Trinajstić information content (AvgIpc) is 3.64. The maximum Gasteiger partial charge on any atom is 0.341 e. The van der Waals surface area contributed by atoms with E-state index in [1.807, 2.05) is 12.3 Å². The zero-order valence-electron chi connectivity index (χ0n) is 19.9. The number of ether oxygens (including phenoxy) is 3. The van der Waals surface area contributed by atoms with Crippen LogP contribution in [0.3, 0.4) is 0 Å². The number of hydrogen-bond acceptors (Lipinski definition) is 9. The predicted octanol–water partition coefficient (Wildman–Crippen LogP) is 4.07. The lowest BCUT2D eigenvalue weighted by atomic mass is 10.1. The van der Waals surface area contributed by atoms with Crippen molar-refractivity contribution < 1.29 is 24.1 Å². The molecule has 2 N–H and O–H groups in total. The van der Waals surface area contributed by atoms with Gasteiger partial charge in [-0.3, -0.25) is 0 Å². The van der Waals surface area contributed by atoms with Crippen LogP contribution in [0.2, 0.25) is 0 Å². The monoisotopic (exact) mass is 488 g/mol. The van der Waals surface area contributed by atoms with E-state index in [-0.39, 0.29) is 11.4 Å². The largest absolute Gasteiger partial charge is 0.497 e. The van der Waals surface area contributed by atoms with Crippen LogP contribution in [0.25, 0.3) is 16.9 Å². The number of anilines is 2. The maximum absolute atomic E-state index is 11.8. The molecule has 0 unspecified atom stereocenters. The van der Waals surface area contributed by atoms with Crippen LogP contribution < -0.4 is 19.5 Å². The van der Waals surface area contributed by atoms with Crippen molar-refractivity contribution in [2.24, 2.45) is 0 Å². The van der Waals surface area contributed by atoms with E-state index in [1.54, 1.807) is 43.3 Å². The fourth-order valence-corrected chi connectivity index (χ4v) is 3.79. The van der Waals surface area contributed by atoms with E-state index in [9.17, 15) is 9.90 Å². The number of benzene rings is 1. The third-order valence-corrected chi connectivity index (χ3v) is 5.78. The van der Waals surface area contributed by atoms with Crippen molar-refractivity contribution in [2.45, 2.75) is 18.8 Å². The van der Waals surface area contributed by atoms with Gasteiger partial charge < -0.3 is 24.6 Å². The number of carbonyl (C=O) groups is 1. The van der Waals surface area contributed by atoms with Gasteiger partial charge in [-0.05, 0) is 25.0 Å². The van der Waals surface area contributed by atoms with Gasteiger partial charge in [0.15, 0.2) is 5.82 Å².